The lowest BCUT2D eigenvalue weighted by atomic mass is 10.1. The van der Waals surface area contributed by atoms with E-state index in [2.05, 4.69) is 20.0 Å². The van der Waals surface area contributed by atoms with E-state index >= 15 is 0 Å². The third-order valence-corrected chi connectivity index (χ3v) is 6.30. The average Bonchev–Trinajstić information content (AvgIpc) is 3.40. The summed E-state index contributed by atoms with van der Waals surface area (Å²) in [5, 5.41) is 4.59. The minimum absolute atomic E-state index is 0.105. The summed E-state index contributed by atoms with van der Waals surface area (Å²) in [6, 6.07) is 3.06. The first-order chi connectivity index (χ1) is 15.7. The molecule has 0 saturated carbocycles. The molecule has 0 aliphatic carbocycles. The number of hydrogen-bond donors (Lipinski definition) is 2. The number of piperidine rings is 1. The number of nitrogens with one attached hydrogen (secondary N) is 1. The molecule has 1 atom stereocenters. The maximum Gasteiger partial charge on any atom is 0.167 e. The van der Waals surface area contributed by atoms with Crippen molar-refractivity contribution in [3.8, 4) is 17.3 Å². The fraction of sp³-hybridized carbons (Fsp3) is 0.565. The van der Waals surface area contributed by atoms with E-state index in [1.807, 2.05) is 0 Å². The van der Waals surface area contributed by atoms with E-state index in [1.54, 1.807) is 16.9 Å². The molecule has 1 aromatic carbocycles. The van der Waals surface area contributed by atoms with Gasteiger partial charge in [0.1, 0.15) is 6.23 Å². The topological polar surface area (TPSA) is 94.2 Å². The molecule has 3 aromatic rings. The van der Waals surface area contributed by atoms with Crippen LogP contribution in [0.2, 0.25) is 0 Å². The number of halogens is 1. The van der Waals surface area contributed by atoms with Crippen molar-refractivity contribution in [2.45, 2.75) is 51.2 Å². The molecule has 5 rings (SSSR count). The van der Waals surface area contributed by atoms with Gasteiger partial charge in [-0.05, 0) is 51.6 Å². The smallest absolute Gasteiger partial charge is 0.167 e. The number of imidazole rings is 1. The predicted molar refractivity (Wildman–Crippen MR) is 121 cm³/mol. The maximum absolute atomic E-state index is 14.6. The molecule has 0 bridgehead atoms. The Balaban J connectivity index is 1.27. The second kappa shape index (κ2) is 9.46. The van der Waals surface area contributed by atoms with Gasteiger partial charge in [-0.25, -0.2) is 14.1 Å². The summed E-state index contributed by atoms with van der Waals surface area (Å²) in [6.45, 7) is 4.51. The van der Waals surface area contributed by atoms with Gasteiger partial charge >= 0.3 is 0 Å². The highest BCUT2D eigenvalue weighted by atomic mass is 19.1. The molecule has 9 heteroatoms. The molecule has 2 aromatic heterocycles. The number of likely N-dealkylation sites (tertiary alicyclic amines) is 1. The van der Waals surface area contributed by atoms with Crippen LogP contribution in [-0.2, 0) is 4.74 Å². The van der Waals surface area contributed by atoms with Gasteiger partial charge < -0.3 is 25.1 Å². The van der Waals surface area contributed by atoms with Crippen molar-refractivity contribution in [2.75, 3.05) is 38.6 Å². The Morgan fingerprint density at radius 1 is 1.19 bits per heavy atom. The van der Waals surface area contributed by atoms with E-state index in [1.165, 1.54) is 25.3 Å². The maximum atomic E-state index is 14.6. The standard InChI is InChI=1S/C23H31FN6O2/c24-16-13-18-19(14-20(16)31-12-6-10-29-8-3-1-4-9-29)27-23(26-18)22-17(25)15-30(28-22)21-7-2-5-11-32-21/h13-15,21H,1-12,25H2,(H,26,27). The van der Waals surface area contributed by atoms with Gasteiger partial charge in [0, 0.05) is 25.3 Å². The summed E-state index contributed by atoms with van der Waals surface area (Å²) in [5.41, 5.74) is 8.46. The van der Waals surface area contributed by atoms with E-state index in [0.29, 0.717) is 34.8 Å². The average molecular weight is 443 g/mol. The molecule has 0 radical (unpaired) electrons. The van der Waals surface area contributed by atoms with Gasteiger partial charge in [0.2, 0.25) is 0 Å². The molecule has 0 spiro atoms. The second-order valence-electron chi connectivity index (χ2n) is 8.72. The van der Waals surface area contributed by atoms with E-state index < -0.39 is 5.82 Å². The minimum Gasteiger partial charge on any atom is -0.490 e. The Labute approximate surface area is 186 Å². The Bertz CT molecular complexity index is 1050. The molecule has 2 saturated heterocycles. The SMILES string of the molecule is Nc1cn(C2CCCCO2)nc1-c1nc2cc(OCCCN3CCCCC3)c(F)cc2[nH]1. The van der Waals surface area contributed by atoms with Gasteiger partial charge in [-0.1, -0.05) is 6.42 Å². The zero-order valence-electron chi connectivity index (χ0n) is 18.4. The number of nitrogen functional groups attached to an aromatic ring is 1. The molecular weight excluding hydrogens is 411 g/mol. The van der Waals surface area contributed by atoms with Crippen molar-refractivity contribution in [1.82, 2.24) is 24.6 Å². The lowest BCUT2D eigenvalue weighted by molar-refractivity contribution is -0.0393. The summed E-state index contributed by atoms with van der Waals surface area (Å²) >= 11 is 0. The van der Waals surface area contributed by atoms with Gasteiger partial charge in [0.05, 0.1) is 29.5 Å². The van der Waals surface area contributed by atoms with E-state index in [4.69, 9.17) is 15.2 Å². The normalized spacial score (nSPS) is 20.1. The zero-order chi connectivity index (χ0) is 21.9. The number of ether oxygens (including phenoxy) is 2. The molecule has 3 N–H and O–H groups in total. The number of benzene rings is 1. The molecule has 2 aliphatic heterocycles. The number of aromatic nitrogens is 4. The van der Waals surface area contributed by atoms with Crippen LogP contribution < -0.4 is 10.5 Å². The highest BCUT2D eigenvalue weighted by molar-refractivity contribution is 5.82. The predicted octanol–water partition coefficient (Wildman–Crippen LogP) is 4.10. The monoisotopic (exact) mass is 442 g/mol. The Morgan fingerprint density at radius 3 is 2.88 bits per heavy atom. The first-order valence-electron chi connectivity index (χ1n) is 11.7. The van der Waals surface area contributed by atoms with Crippen LogP contribution in [0, 0.1) is 5.82 Å². The fourth-order valence-corrected chi connectivity index (χ4v) is 4.56. The van der Waals surface area contributed by atoms with Crippen molar-refractivity contribution in [3.05, 3.63) is 24.1 Å². The summed E-state index contributed by atoms with van der Waals surface area (Å²) in [5.74, 6) is 0.330. The third-order valence-electron chi connectivity index (χ3n) is 6.30. The molecule has 4 heterocycles. The molecule has 8 nitrogen and oxygen atoms in total. The molecule has 172 valence electrons. The Morgan fingerprint density at radius 2 is 2.06 bits per heavy atom. The number of nitrogens with two attached hydrogens (primary N) is 1. The largest absolute Gasteiger partial charge is 0.490 e. The third kappa shape index (κ3) is 4.59. The second-order valence-corrected chi connectivity index (χ2v) is 8.72. The molecule has 32 heavy (non-hydrogen) atoms. The lowest BCUT2D eigenvalue weighted by Crippen LogP contribution is -2.31. The first-order valence-corrected chi connectivity index (χ1v) is 11.7. The fourth-order valence-electron chi connectivity index (χ4n) is 4.56. The van der Waals surface area contributed by atoms with Crippen LogP contribution in [0.1, 0.15) is 51.2 Å². The van der Waals surface area contributed by atoms with Gasteiger partial charge in [-0.15, -0.1) is 0 Å². The molecule has 2 fully saturated rings. The van der Waals surface area contributed by atoms with Crippen LogP contribution in [0.4, 0.5) is 10.1 Å². The number of nitrogens with zero attached hydrogens (tertiary/aromatic N) is 4. The molecule has 0 amide bonds. The van der Waals surface area contributed by atoms with Crippen LogP contribution in [0.3, 0.4) is 0 Å². The number of rotatable bonds is 7. The summed E-state index contributed by atoms with van der Waals surface area (Å²) < 4.78 is 27.9. The van der Waals surface area contributed by atoms with Crippen molar-refractivity contribution in [1.29, 1.82) is 0 Å². The highest BCUT2D eigenvalue weighted by Crippen LogP contribution is 2.30. The molecule has 1 unspecified atom stereocenters. The lowest BCUT2D eigenvalue weighted by Gasteiger charge is -2.26. The van der Waals surface area contributed by atoms with Crippen LogP contribution >= 0.6 is 0 Å². The van der Waals surface area contributed by atoms with E-state index in [9.17, 15) is 4.39 Å². The van der Waals surface area contributed by atoms with Gasteiger partial charge in [-0.3, -0.25) is 0 Å². The molecule has 2 aliphatic rings. The number of anilines is 1. The minimum atomic E-state index is -0.403. The molecular formula is C23H31FN6O2. The summed E-state index contributed by atoms with van der Waals surface area (Å²) in [7, 11) is 0. The summed E-state index contributed by atoms with van der Waals surface area (Å²) in [4.78, 5) is 10.2. The number of H-pyrrole nitrogens is 1. The van der Waals surface area contributed by atoms with Crippen molar-refractivity contribution >= 4 is 16.7 Å². The number of aromatic amines is 1. The quantitative estimate of drug-likeness (QED) is 0.535. The van der Waals surface area contributed by atoms with Gasteiger partial charge in [0.15, 0.2) is 23.1 Å². The van der Waals surface area contributed by atoms with Gasteiger partial charge in [-0.2, -0.15) is 5.10 Å². The number of fused-ring (bicyclic) bond motifs is 1. The van der Waals surface area contributed by atoms with Crippen LogP contribution in [0.25, 0.3) is 22.6 Å². The number of hydrogen-bond acceptors (Lipinski definition) is 6. The summed E-state index contributed by atoms with van der Waals surface area (Å²) in [6.07, 6.45) is 9.48. The van der Waals surface area contributed by atoms with E-state index in [-0.39, 0.29) is 12.0 Å². The van der Waals surface area contributed by atoms with E-state index in [0.717, 1.165) is 51.9 Å². The van der Waals surface area contributed by atoms with Crippen molar-refractivity contribution in [3.63, 3.8) is 0 Å². The van der Waals surface area contributed by atoms with Crippen molar-refractivity contribution < 1.29 is 13.9 Å². The van der Waals surface area contributed by atoms with Crippen molar-refractivity contribution in [2.24, 2.45) is 0 Å². The highest BCUT2D eigenvalue weighted by Gasteiger charge is 2.21. The van der Waals surface area contributed by atoms with Crippen LogP contribution in [0.15, 0.2) is 18.3 Å². The first kappa shape index (κ1) is 21.2. The Kier molecular flexibility index (Phi) is 6.27. The Hall–Kier alpha value is -2.65. The van der Waals surface area contributed by atoms with Crippen LogP contribution in [-0.4, -0.2) is 57.5 Å². The zero-order valence-corrected chi connectivity index (χ0v) is 18.4. The van der Waals surface area contributed by atoms with Gasteiger partial charge in [0.25, 0.3) is 0 Å². The van der Waals surface area contributed by atoms with Crippen LogP contribution in [0.5, 0.6) is 5.75 Å².